The van der Waals surface area contributed by atoms with E-state index >= 15 is 0 Å². The van der Waals surface area contributed by atoms with E-state index in [9.17, 15) is 8.42 Å². The van der Waals surface area contributed by atoms with E-state index in [0.717, 1.165) is 0 Å². The molecule has 0 bridgehead atoms. The van der Waals surface area contributed by atoms with Gasteiger partial charge in [0.05, 0.1) is 18.0 Å². The lowest BCUT2D eigenvalue weighted by Gasteiger charge is -2.13. The molecule has 0 aliphatic heterocycles. The van der Waals surface area contributed by atoms with E-state index in [1.54, 1.807) is 31.0 Å². The van der Waals surface area contributed by atoms with Crippen LogP contribution in [-0.4, -0.2) is 48.8 Å². The molecule has 1 unspecified atom stereocenters. The van der Waals surface area contributed by atoms with Crippen molar-refractivity contribution in [2.45, 2.75) is 18.7 Å². The van der Waals surface area contributed by atoms with E-state index < -0.39 is 15.3 Å². The second-order valence-electron chi connectivity index (χ2n) is 3.47. The Labute approximate surface area is 95.3 Å². The van der Waals surface area contributed by atoms with Gasteiger partial charge in [0.1, 0.15) is 0 Å². The molecule has 0 radical (unpaired) electrons. The van der Waals surface area contributed by atoms with Crippen molar-refractivity contribution < 1.29 is 8.42 Å². The van der Waals surface area contributed by atoms with E-state index in [0.29, 0.717) is 19.6 Å². The third-order valence-corrected chi connectivity index (χ3v) is 3.97. The van der Waals surface area contributed by atoms with Gasteiger partial charge in [-0.1, -0.05) is 5.21 Å². The van der Waals surface area contributed by atoms with Gasteiger partial charge in [0.25, 0.3) is 0 Å². The Morgan fingerprint density at radius 2 is 2.25 bits per heavy atom. The van der Waals surface area contributed by atoms with E-state index in [1.165, 1.54) is 0 Å². The second-order valence-corrected chi connectivity index (χ2v) is 5.66. The molecule has 92 valence electrons. The molecule has 1 aromatic rings. The Hall–Kier alpha value is -0.990. The number of nitrogens with one attached hydrogen (secondary N) is 2. The summed E-state index contributed by atoms with van der Waals surface area (Å²) < 4.78 is 27.4. The summed E-state index contributed by atoms with van der Waals surface area (Å²) in [6.07, 6.45) is 3.24. The van der Waals surface area contributed by atoms with Crippen molar-refractivity contribution in [2.75, 3.05) is 20.1 Å². The molecule has 1 heterocycles. The molecule has 1 atom stereocenters. The summed E-state index contributed by atoms with van der Waals surface area (Å²) in [5, 5.41) is 9.74. The van der Waals surface area contributed by atoms with Gasteiger partial charge in [0.15, 0.2) is 0 Å². The third kappa shape index (κ3) is 3.87. The van der Waals surface area contributed by atoms with Gasteiger partial charge in [0.2, 0.25) is 10.0 Å². The Bertz CT molecular complexity index is 389. The molecule has 1 rings (SSSR count). The van der Waals surface area contributed by atoms with Crippen LogP contribution in [0.25, 0.3) is 0 Å². The average Bonchev–Trinajstić information content (AvgIpc) is 2.70. The highest BCUT2D eigenvalue weighted by atomic mass is 32.2. The molecule has 7 nitrogen and oxygen atoms in total. The molecule has 0 saturated carbocycles. The molecule has 8 heteroatoms. The number of sulfonamides is 1. The first-order valence-corrected chi connectivity index (χ1v) is 6.58. The zero-order valence-electron chi connectivity index (χ0n) is 9.42. The Morgan fingerprint density at radius 1 is 1.50 bits per heavy atom. The maximum Gasteiger partial charge on any atom is 0.215 e. The Morgan fingerprint density at radius 3 is 2.81 bits per heavy atom. The lowest BCUT2D eigenvalue weighted by molar-refractivity contribution is 0.542. The summed E-state index contributed by atoms with van der Waals surface area (Å²) in [6.45, 7) is 2.89. The van der Waals surface area contributed by atoms with Gasteiger partial charge in [-0.3, -0.25) is 4.68 Å². The average molecular weight is 247 g/mol. The maximum atomic E-state index is 11.7. The largest absolute Gasteiger partial charge is 0.318 e. The summed E-state index contributed by atoms with van der Waals surface area (Å²) in [5.74, 6) is 0. The Balaban J connectivity index is 2.36. The van der Waals surface area contributed by atoms with Crippen molar-refractivity contribution in [2.24, 2.45) is 0 Å². The Kier molecular flexibility index (Phi) is 4.84. The fourth-order valence-electron chi connectivity index (χ4n) is 1.19. The smallest absolute Gasteiger partial charge is 0.215 e. The van der Waals surface area contributed by atoms with E-state index in [4.69, 9.17) is 0 Å². The molecule has 0 amide bonds. The van der Waals surface area contributed by atoms with Gasteiger partial charge in [0, 0.05) is 19.3 Å². The molecule has 0 fully saturated rings. The minimum atomic E-state index is -3.25. The van der Waals surface area contributed by atoms with Gasteiger partial charge < -0.3 is 5.32 Å². The van der Waals surface area contributed by atoms with E-state index in [-0.39, 0.29) is 0 Å². The van der Waals surface area contributed by atoms with Crippen molar-refractivity contribution in [3.05, 3.63) is 12.4 Å². The summed E-state index contributed by atoms with van der Waals surface area (Å²) >= 11 is 0. The lowest BCUT2D eigenvalue weighted by Crippen LogP contribution is -2.39. The highest BCUT2D eigenvalue weighted by Crippen LogP contribution is 1.96. The molecular formula is C8H17N5O2S. The third-order valence-electron chi connectivity index (χ3n) is 2.14. The van der Waals surface area contributed by atoms with Crippen LogP contribution in [0.4, 0.5) is 0 Å². The van der Waals surface area contributed by atoms with Crippen molar-refractivity contribution in [3.63, 3.8) is 0 Å². The van der Waals surface area contributed by atoms with Gasteiger partial charge >= 0.3 is 0 Å². The highest BCUT2D eigenvalue weighted by molar-refractivity contribution is 7.90. The van der Waals surface area contributed by atoms with Crippen LogP contribution in [0, 0.1) is 0 Å². The monoisotopic (exact) mass is 247 g/mol. The summed E-state index contributed by atoms with van der Waals surface area (Å²) in [7, 11) is -1.53. The van der Waals surface area contributed by atoms with Crippen LogP contribution in [0.15, 0.2) is 12.4 Å². The molecular weight excluding hydrogens is 230 g/mol. The standard InChI is InChI=1S/C8H17N5O2S/c1-8(7-9-2)16(14,15)11-4-6-13-5-3-10-12-13/h3,5,8-9,11H,4,6-7H2,1-2H3. The summed E-state index contributed by atoms with van der Waals surface area (Å²) in [4.78, 5) is 0. The first-order chi connectivity index (χ1) is 7.56. The quantitative estimate of drug-likeness (QED) is 0.632. The van der Waals surface area contributed by atoms with Crippen LogP contribution in [0.3, 0.4) is 0 Å². The molecule has 0 aliphatic rings. The van der Waals surface area contributed by atoms with Crippen LogP contribution in [0.5, 0.6) is 0 Å². The minimum absolute atomic E-state index is 0.319. The normalized spacial score (nSPS) is 13.9. The van der Waals surface area contributed by atoms with E-state index in [2.05, 4.69) is 20.4 Å². The number of aromatic nitrogens is 3. The molecule has 0 saturated heterocycles. The topological polar surface area (TPSA) is 88.9 Å². The van der Waals surface area contributed by atoms with Gasteiger partial charge in [-0.15, -0.1) is 5.10 Å². The molecule has 0 spiro atoms. The zero-order chi connectivity index (χ0) is 12.0. The van der Waals surface area contributed by atoms with Crippen molar-refractivity contribution in [3.8, 4) is 0 Å². The molecule has 0 aliphatic carbocycles. The summed E-state index contributed by atoms with van der Waals surface area (Å²) in [6, 6.07) is 0. The lowest BCUT2D eigenvalue weighted by atomic mass is 10.5. The maximum absolute atomic E-state index is 11.7. The van der Waals surface area contributed by atoms with Crippen LogP contribution in [-0.2, 0) is 16.6 Å². The zero-order valence-corrected chi connectivity index (χ0v) is 10.2. The molecule has 16 heavy (non-hydrogen) atoms. The molecule has 0 aromatic carbocycles. The highest BCUT2D eigenvalue weighted by Gasteiger charge is 2.18. The van der Waals surface area contributed by atoms with Crippen LogP contribution < -0.4 is 10.0 Å². The SMILES string of the molecule is CNCC(C)S(=O)(=O)NCCn1ccnn1. The first kappa shape index (κ1) is 13.1. The number of nitrogens with zero attached hydrogens (tertiary/aromatic N) is 3. The van der Waals surface area contributed by atoms with Gasteiger partial charge in [-0.25, -0.2) is 13.1 Å². The fourth-order valence-corrected chi connectivity index (χ4v) is 2.24. The van der Waals surface area contributed by atoms with Crippen molar-refractivity contribution >= 4 is 10.0 Å². The predicted molar refractivity (Wildman–Crippen MR) is 60.3 cm³/mol. The minimum Gasteiger partial charge on any atom is -0.318 e. The number of rotatable bonds is 7. The van der Waals surface area contributed by atoms with E-state index in [1.807, 2.05) is 0 Å². The fraction of sp³-hybridized carbons (Fsp3) is 0.750. The van der Waals surface area contributed by atoms with Crippen LogP contribution in [0.1, 0.15) is 6.92 Å². The molecule has 1 aromatic heterocycles. The van der Waals surface area contributed by atoms with Crippen LogP contribution >= 0.6 is 0 Å². The van der Waals surface area contributed by atoms with Crippen LogP contribution in [0.2, 0.25) is 0 Å². The van der Waals surface area contributed by atoms with Crippen molar-refractivity contribution in [1.29, 1.82) is 0 Å². The second kappa shape index (κ2) is 5.92. The van der Waals surface area contributed by atoms with Gasteiger partial charge in [-0.05, 0) is 14.0 Å². The number of hydrogen-bond donors (Lipinski definition) is 2. The summed E-state index contributed by atoms with van der Waals surface area (Å²) in [5.41, 5.74) is 0. The van der Waals surface area contributed by atoms with Gasteiger partial charge in [-0.2, -0.15) is 0 Å². The first-order valence-electron chi connectivity index (χ1n) is 5.03. The molecule has 2 N–H and O–H groups in total. The predicted octanol–water partition coefficient (Wildman–Crippen LogP) is -1.19. The van der Waals surface area contributed by atoms with Crippen molar-refractivity contribution in [1.82, 2.24) is 25.0 Å². The number of hydrogen-bond acceptors (Lipinski definition) is 5.